The second-order valence-electron chi connectivity index (χ2n) is 10.5. The first kappa shape index (κ1) is 26.2. The van der Waals surface area contributed by atoms with Crippen molar-refractivity contribution >= 4 is 34.8 Å². The first-order chi connectivity index (χ1) is 16.8. The number of hydrogen-bond donors (Lipinski definition) is 5. The molecule has 10 heteroatoms. The van der Waals surface area contributed by atoms with Crippen LogP contribution in [0.4, 0.5) is 0 Å². The Bertz CT molecular complexity index is 1240. The monoisotopic (exact) mass is 518 g/mol. The standard InChI is InChI=1S/C26H31ClN2O7/c1-11(2)4-5-29(3)10-13-8-16(30)19-15(21(13)27)7-12-6-14-9-17(31)20(25(28)35)24(34)26(14,36)23(33)18(12)22(19)32/h8,11-12,14,30,32,34,36H,4-7,9-10H2,1-3H3,(H2,28,35)/t12?,14-,26-/m0/s1. The number of phenolic OH excluding ortho intramolecular Hbond substituents is 1. The number of amides is 1. The third kappa shape index (κ3) is 3.99. The molecule has 9 nitrogen and oxygen atoms in total. The minimum Gasteiger partial charge on any atom is -0.508 e. The number of halogens is 1. The van der Waals surface area contributed by atoms with E-state index in [1.54, 1.807) is 0 Å². The summed E-state index contributed by atoms with van der Waals surface area (Å²) in [6, 6.07) is 1.46. The van der Waals surface area contributed by atoms with Crippen molar-refractivity contribution in [1.29, 1.82) is 0 Å². The van der Waals surface area contributed by atoms with Crippen molar-refractivity contribution < 1.29 is 34.8 Å². The van der Waals surface area contributed by atoms with Gasteiger partial charge < -0.3 is 31.1 Å². The molecule has 3 atom stereocenters. The number of benzene rings is 1. The molecule has 0 saturated heterocycles. The van der Waals surface area contributed by atoms with Gasteiger partial charge in [0.2, 0.25) is 5.78 Å². The number of ketones is 2. The summed E-state index contributed by atoms with van der Waals surface area (Å²) in [5.41, 5.74) is 2.79. The summed E-state index contributed by atoms with van der Waals surface area (Å²) in [5.74, 6) is -6.01. The minimum atomic E-state index is -2.58. The highest BCUT2D eigenvalue weighted by Crippen LogP contribution is 2.53. The molecule has 0 heterocycles. The zero-order chi connectivity index (χ0) is 26.7. The Hall–Kier alpha value is -2.88. The number of hydrogen-bond acceptors (Lipinski definition) is 8. The van der Waals surface area contributed by atoms with Crippen LogP contribution in [0.2, 0.25) is 5.02 Å². The van der Waals surface area contributed by atoms with E-state index in [-0.39, 0.29) is 36.1 Å². The fraction of sp³-hybridized carbons (Fsp3) is 0.500. The molecule has 1 fully saturated rings. The maximum absolute atomic E-state index is 13.5. The molecule has 0 aliphatic heterocycles. The van der Waals surface area contributed by atoms with Crippen molar-refractivity contribution in [3.63, 3.8) is 0 Å². The number of phenols is 1. The van der Waals surface area contributed by atoms with E-state index < -0.39 is 52.0 Å². The lowest BCUT2D eigenvalue weighted by Gasteiger charge is -2.46. The molecular weight excluding hydrogens is 488 g/mol. The van der Waals surface area contributed by atoms with Crippen molar-refractivity contribution in [2.24, 2.45) is 23.5 Å². The number of aromatic hydroxyl groups is 1. The highest BCUT2D eigenvalue weighted by molar-refractivity contribution is 6.32. The predicted octanol–water partition coefficient (Wildman–Crippen LogP) is 2.56. The summed E-state index contributed by atoms with van der Waals surface area (Å²) in [6.45, 7) is 5.57. The fourth-order valence-electron chi connectivity index (χ4n) is 5.69. The molecule has 0 radical (unpaired) electrons. The molecule has 36 heavy (non-hydrogen) atoms. The van der Waals surface area contributed by atoms with Crippen molar-refractivity contribution in [3.8, 4) is 5.75 Å². The average molecular weight is 519 g/mol. The van der Waals surface area contributed by atoms with Crippen LogP contribution in [0.25, 0.3) is 5.76 Å². The molecule has 1 unspecified atom stereocenters. The van der Waals surface area contributed by atoms with E-state index in [9.17, 15) is 34.8 Å². The zero-order valence-electron chi connectivity index (χ0n) is 20.5. The van der Waals surface area contributed by atoms with Gasteiger partial charge in [-0.1, -0.05) is 25.4 Å². The molecule has 4 rings (SSSR count). The quantitative estimate of drug-likeness (QED) is 0.359. The number of fused-ring (bicyclic) bond motifs is 3. The fourth-order valence-corrected chi connectivity index (χ4v) is 5.97. The highest BCUT2D eigenvalue weighted by atomic mass is 35.5. The van der Waals surface area contributed by atoms with Gasteiger partial charge in [-0.2, -0.15) is 0 Å². The topological polar surface area (TPSA) is 161 Å². The number of nitrogens with two attached hydrogens (primary N) is 1. The van der Waals surface area contributed by atoms with Crippen molar-refractivity contribution in [2.75, 3.05) is 13.6 Å². The Kier molecular flexibility index (Phi) is 6.70. The average Bonchev–Trinajstić information content (AvgIpc) is 2.77. The van der Waals surface area contributed by atoms with Crippen LogP contribution in [-0.4, -0.2) is 62.0 Å². The van der Waals surface area contributed by atoms with Crippen LogP contribution in [0.15, 0.2) is 23.0 Å². The van der Waals surface area contributed by atoms with Gasteiger partial charge in [0, 0.05) is 29.5 Å². The Morgan fingerprint density at radius 1 is 1.25 bits per heavy atom. The molecule has 6 N–H and O–H groups in total. The molecule has 3 aliphatic rings. The summed E-state index contributed by atoms with van der Waals surface area (Å²) in [5, 5.41) is 44.2. The number of rotatable bonds is 6. The van der Waals surface area contributed by atoms with Gasteiger partial charge in [-0.15, -0.1) is 0 Å². The summed E-state index contributed by atoms with van der Waals surface area (Å²) in [7, 11) is 1.95. The van der Waals surface area contributed by atoms with Gasteiger partial charge in [-0.3, -0.25) is 14.4 Å². The number of nitrogens with zero attached hydrogens (tertiary/aromatic N) is 1. The number of primary amides is 1. The SMILES string of the molecule is CC(C)CCN(C)Cc1cc(O)c2c(c1Cl)CC1C[C@H]3CC(=O)C(C(N)=O)=C(O)[C@@]3(O)C(=O)C1=C2O. The lowest BCUT2D eigenvalue weighted by atomic mass is 9.59. The molecular formula is C26H31ClN2O7. The summed E-state index contributed by atoms with van der Waals surface area (Å²) >= 11 is 6.74. The number of aliphatic hydroxyl groups is 3. The summed E-state index contributed by atoms with van der Waals surface area (Å²) in [4.78, 5) is 39.8. The largest absolute Gasteiger partial charge is 0.508 e. The van der Waals surface area contributed by atoms with Crippen LogP contribution >= 0.6 is 11.6 Å². The first-order valence-electron chi connectivity index (χ1n) is 12.0. The summed E-state index contributed by atoms with van der Waals surface area (Å²) < 4.78 is 0. The van der Waals surface area contributed by atoms with Gasteiger partial charge in [-0.25, -0.2) is 0 Å². The number of Topliss-reactive ketones (excluding diaryl/α,β-unsaturated/α-hetero) is 2. The Labute approximate surface area is 213 Å². The highest BCUT2D eigenvalue weighted by Gasteiger charge is 2.60. The van der Waals surface area contributed by atoms with E-state index in [1.165, 1.54) is 6.07 Å². The second kappa shape index (κ2) is 9.21. The molecule has 1 saturated carbocycles. The van der Waals surface area contributed by atoms with Crippen LogP contribution in [0.1, 0.15) is 49.8 Å². The molecule has 1 amide bonds. The van der Waals surface area contributed by atoms with E-state index in [1.807, 2.05) is 7.05 Å². The molecule has 1 aromatic carbocycles. The number of aliphatic hydroxyl groups excluding tert-OH is 2. The van der Waals surface area contributed by atoms with Gasteiger partial charge in [0.1, 0.15) is 22.8 Å². The van der Waals surface area contributed by atoms with E-state index in [2.05, 4.69) is 18.7 Å². The molecule has 0 spiro atoms. The molecule has 0 bridgehead atoms. The van der Waals surface area contributed by atoms with Crippen LogP contribution in [-0.2, 0) is 27.3 Å². The van der Waals surface area contributed by atoms with E-state index in [4.69, 9.17) is 17.3 Å². The predicted molar refractivity (Wildman–Crippen MR) is 132 cm³/mol. The first-order valence-corrected chi connectivity index (χ1v) is 12.4. The van der Waals surface area contributed by atoms with Crippen molar-refractivity contribution in [1.82, 2.24) is 4.90 Å². The lowest BCUT2D eigenvalue weighted by molar-refractivity contribution is -0.147. The maximum Gasteiger partial charge on any atom is 0.255 e. The third-order valence-electron chi connectivity index (χ3n) is 7.60. The van der Waals surface area contributed by atoms with Crippen molar-refractivity contribution in [2.45, 2.75) is 51.7 Å². The van der Waals surface area contributed by atoms with Crippen LogP contribution < -0.4 is 5.73 Å². The smallest absolute Gasteiger partial charge is 0.255 e. The van der Waals surface area contributed by atoms with Gasteiger partial charge in [0.15, 0.2) is 11.4 Å². The van der Waals surface area contributed by atoms with Gasteiger partial charge in [0.25, 0.3) is 5.91 Å². The van der Waals surface area contributed by atoms with Crippen LogP contribution in [0, 0.1) is 17.8 Å². The van der Waals surface area contributed by atoms with Gasteiger partial charge in [-0.05, 0) is 61.9 Å². The molecule has 3 aliphatic carbocycles. The number of carbonyl (C=O) groups is 3. The Balaban J connectivity index is 1.78. The molecule has 194 valence electrons. The summed E-state index contributed by atoms with van der Waals surface area (Å²) in [6.07, 6.45) is 0.883. The van der Waals surface area contributed by atoms with Gasteiger partial charge in [0.05, 0.1) is 5.56 Å². The Morgan fingerprint density at radius 2 is 1.92 bits per heavy atom. The normalized spacial score (nSPS) is 25.9. The van der Waals surface area contributed by atoms with Crippen LogP contribution in [0.3, 0.4) is 0 Å². The Morgan fingerprint density at radius 3 is 2.53 bits per heavy atom. The van der Waals surface area contributed by atoms with E-state index in [0.717, 1.165) is 13.0 Å². The van der Waals surface area contributed by atoms with Crippen molar-refractivity contribution in [3.05, 3.63) is 44.7 Å². The number of carbonyl (C=O) groups excluding carboxylic acids is 3. The third-order valence-corrected chi connectivity index (χ3v) is 8.07. The minimum absolute atomic E-state index is 0.000661. The maximum atomic E-state index is 13.5. The second-order valence-corrected chi connectivity index (χ2v) is 10.9. The zero-order valence-corrected chi connectivity index (χ0v) is 21.2. The van der Waals surface area contributed by atoms with Gasteiger partial charge >= 0.3 is 0 Å². The van der Waals surface area contributed by atoms with E-state index in [0.29, 0.717) is 28.6 Å². The lowest BCUT2D eigenvalue weighted by Crippen LogP contribution is -2.58. The molecule has 1 aromatic rings. The van der Waals surface area contributed by atoms with E-state index >= 15 is 0 Å². The molecule has 0 aromatic heterocycles. The van der Waals surface area contributed by atoms with Crippen LogP contribution in [0.5, 0.6) is 5.75 Å².